The van der Waals surface area contributed by atoms with Crippen molar-refractivity contribution in [3.05, 3.63) is 23.8 Å². The molecule has 2 aliphatic rings. The molecule has 2 bridgehead atoms. The summed E-state index contributed by atoms with van der Waals surface area (Å²) in [6.45, 7) is 0. The number of aromatic nitrogens is 2. The molecule has 0 aliphatic carbocycles. The van der Waals surface area contributed by atoms with Crippen LogP contribution in [0, 0.1) is 23.7 Å². The van der Waals surface area contributed by atoms with Gasteiger partial charge in [0, 0.05) is 25.2 Å². The lowest BCUT2D eigenvalue weighted by Gasteiger charge is -2.01. The first kappa shape index (κ1) is 10.7. The van der Waals surface area contributed by atoms with E-state index in [1.165, 1.54) is 0 Å². The molecule has 0 radical (unpaired) electrons. The molecule has 2 nitrogen and oxygen atoms in total. The molecule has 0 aromatic carbocycles. The molecule has 0 unspecified atom stereocenters. The van der Waals surface area contributed by atoms with Gasteiger partial charge in [-0.25, -0.2) is 0 Å². The Morgan fingerprint density at radius 1 is 0.812 bits per heavy atom. The van der Waals surface area contributed by atoms with Crippen LogP contribution in [0.4, 0.5) is 0 Å². The highest BCUT2D eigenvalue weighted by molar-refractivity contribution is 5.25. The van der Waals surface area contributed by atoms with E-state index in [1.54, 1.807) is 0 Å². The highest BCUT2D eigenvalue weighted by Crippen LogP contribution is 2.04. The molecule has 0 spiro atoms. The van der Waals surface area contributed by atoms with E-state index in [4.69, 9.17) is 0 Å². The van der Waals surface area contributed by atoms with Gasteiger partial charge in [-0.15, -0.1) is 0 Å². The molecule has 1 aromatic heterocycles. The summed E-state index contributed by atoms with van der Waals surface area (Å²) in [6, 6.07) is 0. The van der Waals surface area contributed by atoms with Gasteiger partial charge in [0.05, 0.1) is 11.4 Å². The van der Waals surface area contributed by atoms with Crippen LogP contribution in [-0.4, -0.2) is 9.97 Å². The average molecular weight is 210 g/mol. The Morgan fingerprint density at radius 3 is 1.75 bits per heavy atom. The summed E-state index contributed by atoms with van der Waals surface area (Å²) >= 11 is 0. The van der Waals surface area contributed by atoms with Gasteiger partial charge in [0.15, 0.2) is 0 Å². The monoisotopic (exact) mass is 210 g/mol. The van der Waals surface area contributed by atoms with Gasteiger partial charge in [0.25, 0.3) is 0 Å². The summed E-state index contributed by atoms with van der Waals surface area (Å²) in [6.07, 6.45) is 9.52. The Labute approximate surface area is 96.5 Å². The summed E-state index contributed by atoms with van der Waals surface area (Å²) in [4.78, 5) is 8.80. The minimum Gasteiger partial charge on any atom is -0.258 e. The molecule has 0 atom stereocenters. The third-order valence-corrected chi connectivity index (χ3v) is 2.47. The third-order valence-electron chi connectivity index (χ3n) is 2.47. The molecule has 3 heterocycles. The fourth-order valence-corrected chi connectivity index (χ4v) is 1.57. The summed E-state index contributed by atoms with van der Waals surface area (Å²) < 4.78 is 0. The molecular weight excluding hydrogens is 196 g/mol. The Hall–Kier alpha value is -1.80. The maximum absolute atomic E-state index is 4.40. The van der Waals surface area contributed by atoms with Gasteiger partial charge in [-0.05, 0) is 37.5 Å². The lowest BCUT2D eigenvalue weighted by atomic mass is 10.1. The average Bonchev–Trinajstić information content (AvgIpc) is 2.33. The highest BCUT2D eigenvalue weighted by Gasteiger charge is 1.98. The zero-order valence-corrected chi connectivity index (χ0v) is 9.29. The van der Waals surface area contributed by atoms with E-state index in [2.05, 4.69) is 33.6 Å². The Bertz CT molecular complexity index is 406. The normalized spacial score (nSPS) is 15.2. The van der Waals surface area contributed by atoms with Gasteiger partial charge in [-0.3, -0.25) is 9.97 Å². The second-order valence-corrected chi connectivity index (χ2v) is 3.81. The molecule has 0 saturated carbocycles. The van der Waals surface area contributed by atoms with Crippen molar-refractivity contribution in [2.45, 2.75) is 38.5 Å². The lowest BCUT2D eigenvalue weighted by molar-refractivity contribution is 0.789. The molecule has 1 aromatic rings. The van der Waals surface area contributed by atoms with Crippen LogP contribution in [0.3, 0.4) is 0 Å². The Balaban J connectivity index is 2.08. The molecule has 0 N–H and O–H groups in total. The van der Waals surface area contributed by atoms with Crippen molar-refractivity contribution in [3.8, 4) is 23.7 Å². The van der Waals surface area contributed by atoms with E-state index in [0.29, 0.717) is 0 Å². The largest absolute Gasteiger partial charge is 0.258 e. The van der Waals surface area contributed by atoms with Gasteiger partial charge in [-0.1, -0.05) is 11.8 Å². The van der Waals surface area contributed by atoms with E-state index in [9.17, 15) is 0 Å². The number of rotatable bonds is 0. The predicted octanol–water partition coefficient (Wildman–Crippen LogP) is 2.14. The number of aryl methyl sites for hydroxylation is 2. The van der Waals surface area contributed by atoms with Crippen LogP contribution in [0.15, 0.2) is 12.4 Å². The van der Waals surface area contributed by atoms with E-state index in [-0.39, 0.29) is 0 Å². The van der Waals surface area contributed by atoms with Crippen LogP contribution < -0.4 is 0 Å². The summed E-state index contributed by atoms with van der Waals surface area (Å²) in [7, 11) is 0. The van der Waals surface area contributed by atoms with E-state index in [1.807, 2.05) is 12.4 Å². The standard InChI is InChI=1S/C14H14N2/c1-2-4-6-8-10-14-12-15-13(11-16-14)9-7-5-3-1/h11-12H,5-10H2. The zero-order valence-electron chi connectivity index (χ0n) is 9.29. The summed E-state index contributed by atoms with van der Waals surface area (Å²) in [5.41, 5.74) is 2.13. The van der Waals surface area contributed by atoms with Gasteiger partial charge in [0.1, 0.15) is 0 Å². The van der Waals surface area contributed by atoms with Crippen molar-refractivity contribution in [2.75, 3.05) is 0 Å². The molecule has 0 amide bonds. The van der Waals surface area contributed by atoms with Gasteiger partial charge in [0.2, 0.25) is 0 Å². The maximum Gasteiger partial charge on any atom is 0.0587 e. The molecule has 0 fully saturated rings. The second-order valence-electron chi connectivity index (χ2n) is 3.81. The Kier molecular flexibility index (Phi) is 3.97. The highest BCUT2D eigenvalue weighted by atomic mass is 14.8. The van der Waals surface area contributed by atoms with Crippen molar-refractivity contribution < 1.29 is 0 Å². The topological polar surface area (TPSA) is 25.8 Å². The molecule has 0 saturated heterocycles. The van der Waals surface area contributed by atoms with Crippen molar-refractivity contribution in [1.29, 1.82) is 0 Å². The Morgan fingerprint density at radius 2 is 1.31 bits per heavy atom. The van der Waals surface area contributed by atoms with Crippen LogP contribution in [0.2, 0.25) is 0 Å². The van der Waals surface area contributed by atoms with Crippen molar-refractivity contribution in [3.63, 3.8) is 0 Å². The van der Waals surface area contributed by atoms with Gasteiger partial charge >= 0.3 is 0 Å². The number of fused-ring (bicyclic) bond motifs is 9. The van der Waals surface area contributed by atoms with Crippen LogP contribution >= 0.6 is 0 Å². The third kappa shape index (κ3) is 3.41. The van der Waals surface area contributed by atoms with Gasteiger partial charge < -0.3 is 0 Å². The first-order valence-corrected chi connectivity index (χ1v) is 5.71. The minimum atomic E-state index is 0.887. The molecule has 2 aliphatic heterocycles. The fraction of sp³-hybridized carbons (Fsp3) is 0.429. The number of nitrogens with zero attached hydrogens (tertiary/aromatic N) is 2. The molecule has 16 heavy (non-hydrogen) atoms. The van der Waals surface area contributed by atoms with Crippen molar-refractivity contribution in [2.24, 2.45) is 0 Å². The first-order valence-electron chi connectivity index (χ1n) is 5.71. The van der Waals surface area contributed by atoms with Crippen molar-refractivity contribution >= 4 is 0 Å². The lowest BCUT2D eigenvalue weighted by Crippen LogP contribution is -1.96. The van der Waals surface area contributed by atoms with E-state index in [0.717, 1.165) is 49.9 Å². The predicted molar refractivity (Wildman–Crippen MR) is 63.5 cm³/mol. The molecule has 80 valence electrons. The van der Waals surface area contributed by atoms with Gasteiger partial charge in [-0.2, -0.15) is 0 Å². The van der Waals surface area contributed by atoms with Crippen LogP contribution in [0.1, 0.15) is 37.1 Å². The SMILES string of the molecule is C1#CCCCc2cnc(cn2)CCCC#C1. The molecule has 2 heteroatoms. The zero-order chi connectivity index (χ0) is 11.1. The number of hydrogen-bond acceptors (Lipinski definition) is 2. The maximum atomic E-state index is 4.40. The summed E-state index contributed by atoms with van der Waals surface area (Å²) in [5.74, 6) is 11.9. The van der Waals surface area contributed by atoms with Crippen LogP contribution in [-0.2, 0) is 12.8 Å². The molecular formula is C14H14N2. The number of hydrogen-bond donors (Lipinski definition) is 0. The molecule has 3 rings (SSSR count). The van der Waals surface area contributed by atoms with E-state index >= 15 is 0 Å². The summed E-state index contributed by atoms with van der Waals surface area (Å²) in [5, 5.41) is 0. The minimum absolute atomic E-state index is 0.887. The van der Waals surface area contributed by atoms with Crippen molar-refractivity contribution in [1.82, 2.24) is 9.97 Å². The van der Waals surface area contributed by atoms with E-state index < -0.39 is 0 Å². The smallest absolute Gasteiger partial charge is 0.0587 e. The fourth-order valence-electron chi connectivity index (χ4n) is 1.57. The second kappa shape index (κ2) is 5.93. The van der Waals surface area contributed by atoms with Crippen LogP contribution in [0.25, 0.3) is 0 Å². The first-order chi connectivity index (χ1) is 7.95. The van der Waals surface area contributed by atoms with Crippen LogP contribution in [0.5, 0.6) is 0 Å². The quantitative estimate of drug-likeness (QED) is 0.613.